The smallest absolute Gasteiger partial charge is 0.307 e. The second kappa shape index (κ2) is 6.18. The second-order valence-corrected chi connectivity index (χ2v) is 5.74. The third-order valence-corrected chi connectivity index (χ3v) is 3.85. The van der Waals surface area contributed by atoms with Gasteiger partial charge in [-0.1, -0.05) is 18.2 Å². The number of anilines is 1. The average Bonchev–Trinajstić information content (AvgIpc) is 2.38. The Morgan fingerprint density at radius 3 is 2.53 bits per heavy atom. The zero-order valence-corrected chi connectivity index (χ0v) is 12.3. The van der Waals surface area contributed by atoms with Gasteiger partial charge >= 0.3 is 5.97 Å². The van der Waals surface area contributed by atoms with Crippen molar-refractivity contribution in [2.75, 3.05) is 5.32 Å². The Morgan fingerprint density at radius 2 is 1.89 bits per heavy atom. The van der Waals surface area contributed by atoms with Crippen molar-refractivity contribution in [2.24, 2.45) is 11.8 Å². The predicted molar refractivity (Wildman–Crippen MR) is 80.8 cm³/mol. The SMILES string of the molecule is O=C(Nc1cccc(I)c1)[C@H]1CC=CC[C@H]1C(=O)O. The molecule has 0 bridgehead atoms. The summed E-state index contributed by atoms with van der Waals surface area (Å²) in [6.45, 7) is 0. The summed E-state index contributed by atoms with van der Waals surface area (Å²) in [4.78, 5) is 23.3. The molecule has 2 N–H and O–H groups in total. The topological polar surface area (TPSA) is 66.4 Å². The number of allylic oxidation sites excluding steroid dienone is 2. The molecule has 4 nitrogen and oxygen atoms in total. The maximum Gasteiger partial charge on any atom is 0.307 e. The standard InChI is InChI=1S/C14H14INO3/c15-9-4-3-5-10(8-9)16-13(17)11-6-1-2-7-12(11)14(18)19/h1-5,8,11-12H,6-7H2,(H,16,17)(H,18,19)/t11-,12+/m0/s1. The molecule has 0 unspecified atom stereocenters. The van der Waals surface area contributed by atoms with Crippen LogP contribution in [0.5, 0.6) is 0 Å². The highest BCUT2D eigenvalue weighted by Gasteiger charge is 2.33. The van der Waals surface area contributed by atoms with Crippen molar-refractivity contribution in [1.82, 2.24) is 0 Å². The summed E-state index contributed by atoms with van der Waals surface area (Å²) in [5.74, 6) is -2.26. The molecule has 0 aromatic heterocycles. The van der Waals surface area contributed by atoms with Crippen LogP contribution in [0.1, 0.15) is 12.8 Å². The Balaban J connectivity index is 2.10. The van der Waals surface area contributed by atoms with Crippen molar-refractivity contribution in [3.05, 3.63) is 40.0 Å². The molecular formula is C14H14INO3. The normalized spacial score (nSPS) is 21.9. The van der Waals surface area contributed by atoms with Crippen molar-refractivity contribution in [3.8, 4) is 0 Å². The van der Waals surface area contributed by atoms with E-state index in [1.807, 2.05) is 30.4 Å². The molecule has 0 fully saturated rings. The Labute approximate surface area is 125 Å². The molecule has 0 aliphatic heterocycles. The number of halogens is 1. The summed E-state index contributed by atoms with van der Waals surface area (Å²) >= 11 is 2.16. The minimum atomic E-state index is -0.910. The number of benzene rings is 1. The first kappa shape index (κ1) is 14.0. The highest BCUT2D eigenvalue weighted by molar-refractivity contribution is 14.1. The van der Waals surface area contributed by atoms with Crippen LogP contribution in [0.25, 0.3) is 0 Å². The fourth-order valence-corrected chi connectivity index (χ4v) is 2.72. The van der Waals surface area contributed by atoms with Gasteiger partial charge in [-0.3, -0.25) is 9.59 Å². The molecule has 1 amide bonds. The van der Waals surface area contributed by atoms with E-state index in [1.165, 1.54) is 0 Å². The van der Waals surface area contributed by atoms with Crippen LogP contribution in [0.3, 0.4) is 0 Å². The van der Waals surface area contributed by atoms with Gasteiger partial charge in [0.05, 0.1) is 11.8 Å². The van der Waals surface area contributed by atoms with Crippen LogP contribution in [-0.2, 0) is 9.59 Å². The maximum absolute atomic E-state index is 12.2. The fraction of sp³-hybridized carbons (Fsp3) is 0.286. The van der Waals surface area contributed by atoms with Crippen LogP contribution in [-0.4, -0.2) is 17.0 Å². The van der Waals surface area contributed by atoms with Gasteiger partial charge in [-0.05, 0) is 53.6 Å². The van der Waals surface area contributed by atoms with E-state index in [4.69, 9.17) is 5.11 Å². The van der Waals surface area contributed by atoms with E-state index in [0.29, 0.717) is 18.5 Å². The number of carboxylic acid groups (broad SMARTS) is 1. The van der Waals surface area contributed by atoms with Crippen molar-refractivity contribution in [2.45, 2.75) is 12.8 Å². The highest BCUT2D eigenvalue weighted by atomic mass is 127. The van der Waals surface area contributed by atoms with Gasteiger partial charge in [0.25, 0.3) is 0 Å². The summed E-state index contributed by atoms with van der Waals surface area (Å²) in [7, 11) is 0. The Kier molecular flexibility index (Phi) is 4.57. The summed E-state index contributed by atoms with van der Waals surface area (Å²) < 4.78 is 1.02. The van der Waals surface area contributed by atoms with Gasteiger partial charge in [-0.2, -0.15) is 0 Å². The molecule has 2 atom stereocenters. The first-order valence-electron chi connectivity index (χ1n) is 6.02. The number of carbonyl (C=O) groups is 2. The number of nitrogens with one attached hydrogen (secondary N) is 1. The summed E-state index contributed by atoms with van der Waals surface area (Å²) in [6, 6.07) is 7.44. The van der Waals surface area contributed by atoms with E-state index in [9.17, 15) is 9.59 Å². The van der Waals surface area contributed by atoms with Crippen molar-refractivity contribution in [3.63, 3.8) is 0 Å². The number of hydrogen-bond donors (Lipinski definition) is 2. The van der Waals surface area contributed by atoms with Crippen molar-refractivity contribution < 1.29 is 14.7 Å². The first-order valence-corrected chi connectivity index (χ1v) is 7.10. The summed E-state index contributed by atoms with van der Waals surface area (Å²) in [6.07, 6.45) is 4.60. The zero-order chi connectivity index (χ0) is 13.8. The molecule has 1 aliphatic carbocycles. The third-order valence-electron chi connectivity index (χ3n) is 3.18. The molecule has 5 heteroatoms. The van der Waals surface area contributed by atoms with Gasteiger partial charge in [0, 0.05) is 9.26 Å². The Bertz CT molecular complexity index is 527. The first-order chi connectivity index (χ1) is 9.08. The summed E-state index contributed by atoms with van der Waals surface area (Å²) in [5, 5.41) is 11.9. The van der Waals surface area contributed by atoms with Gasteiger partial charge in [0.1, 0.15) is 0 Å². The van der Waals surface area contributed by atoms with Crippen LogP contribution >= 0.6 is 22.6 Å². The van der Waals surface area contributed by atoms with Crippen LogP contribution in [0, 0.1) is 15.4 Å². The minimum Gasteiger partial charge on any atom is -0.481 e. The molecule has 0 heterocycles. The number of rotatable bonds is 3. The number of carbonyl (C=O) groups excluding carboxylic acids is 1. The van der Waals surface area contributed by atoms with Gasteiger partial charge in [-0.15, -0.1) is 0 Å². The monoisotopic (exact) mass is 371 g/mol. The zero-order valence-electron chi connectivity index (χ0n) is 10.2. The number of amides is 1. The van der Waals surface area contributed by atoms with E-state index in [2.05, 4.69) is 27.9 Å². The van der Waals surface area contributed by atoms with E-state index in [0.717, 1.165) is 3.57 Å². The van der Waals surface area contributed by atoms with Crippen LogP contribution < -0.4 is 5.32 Å². The van der Waals surface area contributed by atoms with Gasteiger partial charge in [-0.25, -0.2) is 0 Å². The van der Waals surface area contributed by atoms with Gasteiger partial charge < -0.3 is 10.4 Å². The lowest BCUT2D eigenvalue weighted by atomic mass is 9.82. The van der Waals surface area contributed by atoms with E-state index in [1.54, 1.807) is 6.07 Å². The van der Waals surface area contributed by atoms with Gasteiger partial charge in [0.15, 0.2) is 0 Å². The predicted octanol–water partition coefficient (Wildman–Crippen LogP) is 2.90. The van der Waals surface area contributed by atoms with E-state index >= 15 is 0 Å². The average molecular weight is 371 g/mol. The molecule has 0 saturated heterocycles. The molecular weight excluding hydrogens is 357 g/mol. The molecule has 1 aromatic rings. The largest absolute Gasteiger partial charge is 0.481 e. The third kappa shape index (κ3) is 3.56. The molecule has 1 aliphatic rings. The molecule has 100 valence electrons. The molecule has 1 aromatic carbocycles. The Morgan fingerprint density at radius 1 is 1.21 bits per heavy atom. The highest BCUT2D eigenvalue weighted by Crippen LogP contribution is 2.27. The molecule has 0 saturated carbocycles. The molecule has 0 radical (unpaired) electrons. The summed E-state index contributed by atoms with van der Waals surface area (Å²) in [5.41, 5.74) is 0.704. The van der Waals surface area contributed by atoms with E-state index < -0.39 is 17.8 Å². The second-order valence-electron chi connectivity index (χ2n) is 4.49. The molecule has 19 heavy (non-hydrogen) atoms. The number of hydrogen-bond acceptors (Lipinski definition) is 2. The fourth-order valence-electron chi connectivity index (χ4n) is 2.18. The quantitative estimate of drug-likeness (QED) is 0.634. The van der Waals surface area contributed by atoms with Crippen molar-refractivity contribution >= 4 is 40.2 Å². The lowest BCUT2D eigenvalue weighted by molar-refractivity contribution is -0.146. The van der Waals surface area contributed by atoms with Crippen LogP contribution in [0.2, 0.25) is 0 Å². The molecule has 2 rings (SSSR count). The van der Waals surface area contributed by atoms with Gasteiger partial charge in [0.2, 0.25) is 5.91 Å². The van der Waals surface area contributed by atoms with E-state index in [-0.39, 0.29) is 5.91 Å². The lowest BCUT2D eigenvalue weighted by Gasteiger charge is -2.24. The number of carboxylic acids is 1. The maximum atomic E-state index is 12.2. The van der Waals surface area contributed by atoms with Crippen LogP contribution in [0.4, 0.5) is 5.69 Å². The molecule has 0 spiro atoms. The van der Waals surface area contributed by atoms with Crippen LogP contribution in [0.15, 0.2) is 36.4 Å². The lowest BCUT2D eigenvalue weighted by Crippen LogP contribution is -2.34. The Hall–Kier alpha value is -1.37. The minimum absolute atomic E-state index is 0.223. The number of aliphatic carboxylic acids is 1. The van der Waals surface area contributed by atoms with Crippen molar-refractivity contribution in [1.29, 1.82) is 0 Å².